The maximum Gasteiger partial charge on any atom is 0.270 e. The molecule has 2 aliphatic heterocycles. The van der Waals surface area contributed by atoms with Gasteiger partial charge in [-0.05, 0) is 60.6 Å². The zero-order valence-corrected chi connectivity index (χ0v) is 25.6. The number of likely N-dealkylation sites (tertiary alicyclic amines) is 1. The van der Waals surface area contributed by atoms with Gasteiger partial charge in [0, 0.05) is 70.4 Å². The number of piperidine rings is 1. The van der Waals surface area contributed by atoms with Crippen molar-refractivity contribution in [3.8, 4) is 5.75 Å². The van der Waals surface area contributed by atoms with E-state index in [4.69, 9.17) is 10.5 Å². The minimum Gasteiger partial charge on any atom is -0.489 e. The van der Waals surface area contributed by atoms with E-state index in [1.807, 2.05) is 35.3 Å². The van der Waals surface area contributed by atoms with Gasteiger partial charge in [-0.2, -0.15) is 0 Å². The van der Waals surface area contributed by atoms with Crippen LogP contribution in [0.15, 0.2) is 60.1 Å². The molecule has 0 radical (unpaired) electrons. The normalized spacial score (nSPS) is 18.0. The minimum absolute atomic E-state index is 0.0905. The number of carbonyl (C=O) groups excluding carboxylic acids is 2. The summed E-state index contributed by atoms with van der Waals surface area (Å²) in [4.78, 5) is 36.8. The molecule has 0 unspecified atom stereocenters. The fraction of sp³-hybridized carbons (Fsp3) is 0.455. The fourth-order valence-corrected chi connectivity index (χ4v) is 5.95. The average Bonchev–Trinajstić information content (AvgIpc) is 3.23. The van der Waals surface area contributed by atoms with E-state index in [-0.39, 0.29) is 30.1 Å². The maximum atomic E-state index is 12.8. The molecule has 44 heavy (non-hydrogen) atoms. The number of hydrogen-bond donors (Lipinski definition) is 4. The molecule has 11 nitrogen and oxygen atoms in total. The van der Waals surface area contributed by atoms with Crippen molar-refractivity contribution < 1.29 is 19.4 Å². The Labute approximate surface area is 258 Å². The quantitative estimate of drug-likeness (QED) is 0.323. The molecule has 1 aliphatic carbocycles. The first-order valence-corrected chi connectivity index (χ1v) is 15.3. The lowest BCUT2D eigenvalue weighted by molar-refractivity contribution is -0.129. The lowest BCUT2D eigenvalue weighted by atomic mass is 9.94. The second kappa shape index (κ2) is 14.5. The van der Waals surface area contributed by atoms with E-state index in [0.29, 0.717) is 32.1 Å². The summed E-state index contributed by atoms with van der Waals surface area (Å²) in [5.41, 5.74) is 11.8. The standard InChI is InChI=1S/C33H43N7O4/c1-22-29-11-12-39(18-25(29)7-8-31(22)44-20-24-5-3-4-6-26(34)15-24)19-28(42)17-35-33(43)30-16-32(37-21-36-30)38-27-9-13-40(14-10-27)23(2)41/h3-5,7-8,15-16,21,27-28,42H,6,9-14,17-20,34H2,1-2H3,(H,35,43)(H,36,37,38)/t28-/m0/s1. The molecular weight excluding hydrogens is 558 g/mol. The summed E-state index contributed by atoms with van der Waals surface area (Å²) in [7, 11) is 0. The second-order valence-electron chi connectivity index (χ2n) is 11.8. The number of ether oxygens (including phenoxy) is 1. The molecule has 1 saturated heterocycles. The summed E-state index contributed by atoms with van der Waals surface area (Å²) in [5, 5.41) is 16.9. The van der Waals surface area contributed by atoms with Gasteiger partial charge in [-0.15, -0.1) is 0 Å². The number of nitrogens with zero attached hydrogens (tertiary/aromatic N) is 4. The van der Waals surface area contributed by atoms with Gasteiger partial charge < -0.3 is 31.1 Å². The van der Waals surface area contributed by atoms with Crippen LogP contribution in [0.5, 0.6) is 5.75 Å². The van der Waals surface area contributed by atoms with Gasteiger partial charge in [-0.3, -0.25) is 14.5 Å². The lowest BCUT2D eigenvalue weighted by Gasteiger charge is -2.32. The van der Waals surface area contributed by atoms with Crippen LogP contribution in [0.1, 0.15) is 53.4 Å². The van der Waals surface area contributed by atoms with Crippen LogP contribution in [0.2, 0.25) is 0 Å². The molecule has 234 valence electrons. The highest BCUT2D eigenvalue weighted by molar-refractivity contribution is 5.92. The second-order valence-corrected chi connectivity index (χ2v) is 11.8. The summed E-state index contributed by atoms with van der Waals surface area (Å²) in [6.07, 6.45) is 11.9. The Morgan fingerprint density at radius 2 is 2.02 bits per heavy atom. The van der Waals surface area contributed by atoms with Gasteiger partial charge in [0.25, 0.3) is 5.91 Å². The third-order valence-corrected chi connectivity index (χ3v) is 8.44. The van der Waals surface area contributed by atoms with E-state index in [1.165, 1.54) is 17.5 Å². The monoisotopic (exact) mass is 601 g/mol. The van der Waals surface area contributed by atoms with Crippen LogP contribution >= 0.6 is 0 Å². The predicted molar refractivity (Wildman–Crippen MR) is 169 cm³/mol. The number of amides is 2. The smallest absolute Gasteiger partial charge is 0.270 e. The number of fused-ring (bicyclic) bond motifs is 1. The summed E-state index contributed by atoms with van der Waals surface area (Å²) in [6.45, 7) is 7.65. The number of benzene rings is 1. The molecular formula is C33H43N7O4. The van der Waals surface area contributed by atoms with Crippen LogP contribution in [0.3, 0.4) is 0 Å². The Balaban J connectivity index is 1.08. The van der Waals surface area contributed by atoms with E-state index in [9.17, 15) is 14.7 Å². The fourth-order valence-electron chi connectivity index (χ4n) is 5.95. The Morgan fingerprint density at radius 1 is 1.20 bits per heavy atom. The molecule has 0 spiro atoms. The van der Waals surface area contributed by atoms with Crippen molar-refractivity contribution in [1.29, 1.82) is 0 Å². The first-order valence-electron chi connectivity index (χ1n) is 15.3. The Morgan fingerprint density at radius 3 is 2.82 bits per heavy atom. The highest BCUT2D eigenvalue weighted by Gasteiger charge is 2.23. The highest BCUT2D eigenvalue weighted by Crippen LogP contribution is 2.30. The van der Waals surface area contributed by atoms with Crippen molar-refractivity contribution in [2.75, 3.05) is 44.6 Å². The number of aliphatic hydroxyl groups excluding tert-OH is 1. The molecule has 3 heterocycles. The molecule has 2 amide bonds. The Bertz CT molecular complexity index is 1450. The van der Waals surface area contributed by atoms with Crippen LogP contribution in [0.25, 0.3) is 0 Å². The van der Waals surface area contributed by atoms with Crippen LogP contribution in [-0.2, 0) is 17.8 Å². The van der Waals surface area contributed by atoms with E-state index < -0.39 is 6.10 Å². The first kappa shape index (κ1) is 31.2. The van der Waals surface area contributed by atoms with Gasteiger partial charge >= 0.3 is 0 Å². The minimum atomic E-state index is -0.725. The molecule has 11 heteroatoms. The number of rotatable bonds is 10. The molecule has 1 aromatic heterocycles. The topological polar surface area (TPSA) is 146 Å². The SMILES string of the molecule is CC(=O)N1CCC(Nc2cc(C(=O)NC[C@H](O)CN3CCc4c(ccc(OCC5=CC=CCC(N)=C5)c4C)C3)ncn2)CC1. The number of aliphatic hydroxyl groups is 1. The number of β-amino-alcohol motifs (C(OH)–C–C–N with tert-alkyl or cyclic N) is 1. The van der Waals surface area contributed by atoms with Crippen molar-refractivity contribution in [3.63, 3.8) is 0 Å². The van der Waals surface area contributed by atoms with Gasteiger partial charge in [0.1, 0.15) is 30.2 Å². The van der Waals surface area contributed by atoms with Crippen molar-refractivity contribution in [2.24, 2.45) is 5.73 Å². The van der Waals surface area contributed by atoms with Gasteiger partial charge in [-0.25, -0.2) is 9.97 Å². The molecule has 0 saturated carbocycles. The van der Waals surface area contributed by atoms with Gasteiger partial charge in [0.15, 0.2) is 0 Å². The van der Waals surface area contributed by atoms with E-state index >= 15 is 0 Å². The highest BCUT2D eigenvalue weighted by atomic mass is 16.5. The summed E-state index contributed by atoms with van der Waals surface area (Å²) < 4.78 is 6.16. The number of anilines is 1. The van der Waals surface area contributed by atoms with Crippen molar-refractivity contribution in [3.05, 3.63) is 82.5 Å². The number of aromatic nitrogens is 2. The first-order chi connectivity index (χ1) is 21.2. The van der Waals surface area contributed by atoms with Gasteiger partial charge in [0.2, 0.25) is 5.91 Å². The van der Waals surface area contributed by atoms with Gasteiger partial charge in [0.05, 0.1) is 6.10 Å². The molecule has 3 aliphatic rings. The Kier molecular flexibility index (Phi) is 10.3. The zero-order chi connectivity index (χ0) is 31.1. The zero-order valence-electron chi connectivity index (χ0n) is 25.6. The number of carbonyl (C=O) groups is 2. The third-order valence-electron chi connectivity index (χ3n) is 8.44. The summed E-state index contributed by atoms with van der Waals surface area (Å²) in [5.74, 6) is 1.18. The molecule has 5 rings (SSSR count). The number of nitrogens with two attached hydrogens (primary N) is 1. The molecule has 1 fully saturated rings. The molecule has 0 bridgehead atoms. The van der Waals surface area contributed by atoms with E-state index in [1.54, 1.807) is 13.0 Å². The lowest BCUT2D eigenvalue weighted by Crippen LogP contribution is -2.42. The number of nitrogens with one attached hydrogen (secondary N) is 2. The van der Waals surface area contributed by atoms with Crippen LogP contribution in [0.4, 0.5) is 5.82 Å². The predicted octanol–water partition coefficient (Wildman–Crippen LogP) is 2.46. The molecule has 2 aromatic rings. The van der Waals surface area contributed by atoms with Crippen molar-refractivity contribution >= 4 is 17.6 Å². The average molecular weight is 602 g/mol. The van der Waals surface area contributed by atoms with Crippen LogP contribution in [0, 0.1) is 6.92 Å². The summed E-state index contributed by atoms with van der Waals surface area (Å²) >= 11 is 0. The largest absolute Gasteiger partial charge is 0.489 e. The van der Waals surface area contributed by atoms with E-state index in [2.05, 4.69) is 38.5 Å². The van der Waals surface area contributed by atoms with E-state index in [0.717, 1.165) is 61.4 Å². The molecule has 1 aromatic carbocycles. The van der Waals surface area contributed by atoms with Crippen molar-refractivity contribution in [1.82, 2.24) is 25.1 Å². The molecule has 1 atom stereocenters. The van der Waals surface area contributed by atoms with Gasteiger partial charge in [-0.1, -0.05) is 24.3 Å². The Hall–Kier alpha value is -4.22. The number of hydrogen-bond acceptors (Lipinski definition) is 9. The van der Waals surface area contributed by atoms with Crippen LogP contribution in [-0.4, -0.2) is 88.2 Å². The number of allylic oxidation sites excluding steroid dienone is 3. The van der Waals surface area contributed by atoms with Crippen molar-refractivity contribution in [2.45, 2.75) is 58.2 Å². The third kappa shape index (κ3) is 8.23. The molecule has 5 N–H and O–H groups in total. The maximum absolute atomic E-state index is 12.8. The van der Waals surface area contributed by atoms with Crippen LogP contribution < -0.4 is 21.1 Å². The summed E-state index contributed by atoms with van der Waals surface area (Å²) in [6, 6.07) is 5.93.